The lowest BCUT2D eigenvalue weighted by Gasteiger charge is -2.23. The summed E-state index contributed by atoms with van der Waals surface area (Å²) < 4.78 is 2.68. The molecule has 0 radical (unpaired) electrons. The molecule has 1 heterocycles. The molecule has 8 heteroatoms. The standard InChI is InChI=1S/C30H32BrN5O2/c1-4-5-19-35(30(38)32-25-15-13-24(31)14-16-25)20-27(37)33-29-28(23-9-7-6-8-10-23)22(3)34-36(29)26-17-11-21(2)12-18-26/h6-18H,4-5,19-20H2,1-3H3,(H,32,38)(H,33,37). The van der Waals surface area contributed by atoms with E-state index in [9.17, 15) is 9.59 Å². The van der Waals surface area contributed by atoms with E-state index in [0.29, 0.717) is 18.1 Å². The van der Waals surface area contributed by atoms with Crippen LogP contribution < -0.4 is 10.6 Å². The molecule has 7 nitrogen and oxygen atoms in total. The normalized spacial score (nSPS) is 10.7. The van der Waals surface area contributed by atoms with Crippen molar-refractivity contribution >= 4 is 39.4 Å². The molecule has 0 atom stereocenters. The van der Waals surface area contributed by atoms with E-state index in [0.717, 1.165) is 45.4 Å². The summed E-state index contributed by atoms with van der Waals surface area (Å²) in [6.07, 6.45) is 1.69. The maximum Gasteiger partial charge on any atom is 0.322 e. The fourth-order valence-electron chi connectivity index (χ4n) is 4.15. The lowest BCUT2D eigenvalue weighted by molar-refractivity contribution is -0.116. The summed E-state index contributed by atoms with van der Waals surface area (Å²) >= 11 is 3.41. The Morgan fingerprint density at radius 2 is 1.61 bits per heavy atom. The van der Waals surface area contributed by atoms with Crippen molar-refractivity contribution in [1.29, 1.82) is 0 Å². The number of rotatable bonds is 9. The number of aromatic nitrogens is 2. The summed E-state index contributed by atoms with van der Waals surface area (Å²) in [7, 11) is 0. The van der Waals surface area contributed by atoms with E-state index >= 15 is 0 Å². The fourth-order valence-corrected chi connectivity index (χ4v) is 4.41. The van der Waals surface area contributed by atoms with Crippen LogP contribution in [-0.2, 0) is 4.79 Å². The molecule has 38 heavy (non-hydrogen) atoms. The number of nitrogens with zero attached hydrogens (tertiary/aromatic N) is 3. The van der Waals surface area contributed by atoms with Crippen molar-refractivity contribution in [3.05, 3.63) is 94.6 Å². The number of carbonyl (C=O) groups excluding carboxylic acids is 2. The number of hydrogen-bond donors (Lipinski definition) is 2. The first-order valence-electron chi connectivity index (χ1n) is 12.7. The van der Waals surface area contributed by atoms with Crippen LogP contribution in [0, 0.1) is 13.8 Å². The van der Waals surface area contributed by atoms with Crippen LogP contribution in [-0.4, -0.2) is 39.7 Å². The van der Waals surface area contributed by atoms with Gasteiger partial charge in [-0.25, -0.2) is 9.48 Å². The molecule has 0 saturated carbocycles. The van der Waals surface area contributed by atoms with Gasteiger partial charge in [0.25, 0.3) is 0 Å². The van der Waals surface area contributed by atoms with Crippen molar-refractivity contribution < 1.29 is 9.59 Å². The highest BCUT2D eigenvalue weighted by molar-refractivity contribution is 9.10. The first-order chi connectivity index (χ1) is 18.4. The molecule has 0 bridgehead atoms. The zero-order chi connectivity index (χ0) is 27.1. The molecule has 0 spiro atoms. The molecule has 3 amide bonds. The molecular weight excluding hydrogens is 542 g/mol. The number of anilines is 2. The third kappa shape index (κ3) is 6.69. The summed E-state index contributed by atoms with van der Waals surface area (Å²) in [5, 5.41) is 10.8. The number of hydrogen-bond acceptors (Lipinski definition) is 3. The van der Waals surface area contributed by atoms with Gasteiger partial charge in [-0.3, -0.25) is 4.79 Å². The van der Waals surface area contributed by atoms with Crippen molar-refractivity contribution in [3.8, 4) is 16.8 Å². The molecule has 0 aliphatic carbocycles. The second-order valence-electron chi connectivity index (χ2n) is 9.18. The van der Waals surface area contributed by atoms with Gasteiger partial charge in [0.05, 0.1) is 11.4 Å². The molecule has 0 saturated heterocycles. The van der Waals surface area contributed by atoms with E-state index in [2.05, 4.69) is 33.5 Å². The van der Waals surface area contributed by atoms with Crippen LogP contribution in [0.4, 0.5) is 16.3 Å². The number of aryl methyl sites for hydroxylation is 2. The Kier molecular flexibility index (Phi) is 8.97. The van der Waals surface area contributed by atoms with Crippen LogP contribution >= 0.6 is 15.9 Å². The smallest absolute Gasteiger partial charge is 0.315 e. The van der Waals surface area contributed by atoms with Gasteiger partial charge in [0, 0.05) is 22.3 Å². The van der Waals surface area contributed by atoms with Gasteiger partial charge in [0.15, 0.2) is 0 Å². The second-order valence-corrected chi connectivity index (χ2v) is 10.1. The fraction of sp³-hybridized carbons (Fsp3) is 0.233. The highest BCUT2D eigenvalue weighted by Gasteiger charge is 2.23. The Morgan fingerprint density at radius 3 is 2.26 bits per heavy atom. The van der Waals surface area contributed by atoms with E-state index in [4.69, 9.17) is 5.10 Å². The molecule has 0 aliphatic heterocycles. The summed E-state index contributed by atoms with van der Waals surface area (Å²) in [6, 6.07) is 24.9. The zero-order valence-electron chi connectivity index (χ0n) is 21.9. The van der Waals surface area contributed by atoms with E-state index in [1.165, 1.54) is 0 Å². The molecule has 0 fully saturated rings. The molecular formula is C30H32BrN5O2. The summed E-state index contributed by atoms with van der Waals surface area (Å²) in [5.41, 5.74) is 5.23. The minimum Gasteiger partial charge on any atom is -0.315 e. The number of amides is 3. The summed E-state index contributed by atoms with van der Waals surface area (Å²) in [6.45, 7) is 6.39. The number of benzene rings is 3. The van der Waals surface area contributed by atoms with Crippen LogP contribution in [0.5, 0.6) is 0 Å². The molecule has 1 aromatic heterocycles. The van der Waals surface area contributed by atoms with Gasteiger partial charge in [0.2, 0.25) is 5.91 Å². The second kappa shape index (κ2) is 12.6. The third-order valence-corrected chi connectivity index (χ3v) is 6.69. The molecule has 196 valence electrons. The van der Waals surface area contributed by atoms with Crippen LogP contribution in [0.2, 0.25) is 0 Å². The van der Waals surface area contributed by atoms with Crippen molar-refractivity contribution in [1.82, 2.24) is 14.7 Å². The Morgan fingerprint density at radius 1 is 0.921 bits per heavy atom. The lowest BCUT2D eigenvalue weighted by atomic mass is 10.1. The number of nitrogens with one attached hydrogen (secondary N) is 2. The van der Waals surface area contributed by atoms with Crippen molar-refractivity contribution in [2.75, 3.05) is 23.7 Å². The van der Waals surface area contributed by atoms with Gasteiger partial charge in [-0.15, -0.1) is 0 Å². The minimum absolute atomic E-state index is 0.0886. The molecule has 4 aromatic rings. The molecule has 0 unspecified atom stereocenters. The number of carbonyl (C=O) groups is 2. The SMILES string of the molecule is CCCCN(CC(=O)Nc1c(-c2ccccc2)c(C)nn1-c1ccc(C)cc1)C(=O)Nc1ccc(Br)cc1. The highest BCUT2D eigenvalue weighted by atomic mass is 79.9. The Balaban J connectivity index is 1.62. The average Bonchev–Trinajstić information content (AvgIpc) is 3.23. The third-order valence-electron chi connectivity index (χ3n) is 6.16. The number of halogens is 1. The Hall–Kier alpha value is -3.91. The molecule has 4 rings (SSSR count). The predicted octanol–water partition coefficient (Wildman–Crippen LogP) is 7.19. The predicted molar refractivity (Wildman–Crippen MR) is 157 cm³/mol. The first kappa shape index (κ1) is 27.1. The highest BCUT2D eigenvalue weighted by Crippen LogP contribution is 2.33. The van der Waals surface area contributed by atoms with Gasteiger partial charge < -0.3 is 15.5 Å². The summed E-state index contributed by atoms with van der Waals surface area (Å²) in [5.74, 6) is 0.281. The minimum atomic E-state index is -0.317. The maximum atomic E-state index is 13.4. The topological polar surface area (TPSA) is 79.3 Å². The Labute approximate surface area is 232 Å². The molecule has 3 aromatic carbocycles. The number of unbranched alkanes of at least 4 members (excludes halogenated alkanes) is 1. The molecule has 0 aliphatic rings. The van der Waals surface area contributed by atoms with Crippen LogP contribution in [0.3, 0.4) is 0 Å². The largest absolute Gasteiger partial charge is 0.322 e. The van der Waals surface area contributed by atoms with E-state index in [1.807, 2.05) is 92.7 Å². The van der Waals surface area contributed by atoms with Crippen LogP contribution in [0.15, 0.2) is 83.3 Å². The van der Waals surface area contributed by atoms with E-state index < -0.39 is 0 Å². The van der Waals surface area contributed by atoms with E-state index in [-0.39, 0.29) is 18.5 Å². The Bertz CT molecular complexity index is 1380. The van der Waals surface area contributed by atoms with Crippen molar-refractivity contribution in [2.45, 2.75) is 33.6 Å². The average molecular weight is 575 g/mol. The maximum absolute atomic E-state index is 13.4. The number of urea groups is 1. The molecule has 2 N–H and O–H groups in total. The quantitative estimate of drug-likeness (QED) is 0.222. The van der Waals surface area contributed by atoms with Crippen molar-refractivity contribution in [3.63, 3.8) is 0 Å². The van der Waals surface area contributed by atoms with Gasteiger partial charge in [-0.1, -0.05) is 77.3 Å². The monoisotopic (exact) mass is 573 g/mol. The van der Waals surface area contributed by atoms with Crippen LogP contribution in [0.25, 0.3) is 16.8 Å². The lowest BCUT2D eigenvalue weighted by Crippen LogP contribution is -2.41. The zero-order valence-corrected chi connectivity index (χ0v) is 23.5. The van der Waals surface area contributed by atoms with Gasteiger partial charge in [-0.2, -0.15) is 5.10 Å². The van der Waals surface area contributed by atoms with Crippen molar-refractivity contribution in [2.24, 2.45) is 0 Å². The summed E-state index contributed by atoms with van der Waals surface area (Å²) in [4.78, 5) is 28.1. The van der Waals surface area contributed by atoms with Gasteiger partial charge in [0.1, 0.15) is 12.4 Å². The van der Waals surface area contributed by atoms with Gasteiger partial charge >= 0.3 is 6.03 Å². The van der Waals surface area contributed by atoms with E-state index in [1.54, 1.807) is 9.58 Å². The first-order valence-corrected chi connectivity index (χ1v) is 13.5. The van der Waals surface area contributed by atoms with Crippen LogP contribution in [0.1, 0.15) is 31.0 Å². The van der Waals surface area contributed by atoms with Gasteiger partial charge in [-0.05, 0) is 62.2 Å².